The molecular formula is C27H32F2N8. The zero-order chi connectivity index (χ0) is 25.9. The molecule has 4 heterocycles. The lowest BCUT2D eigenvalue weighted by molar-refractivity contribution is 0.466. The van der Waals surface area contributed by atoms with Gasteiger partial charge in [-0.15, -0.1) is 0 Å². The van der Waals surface area contributed by atoms with Crippen LogP contribution in [0.1, 0.15) is 35.4 Å². The summed E-state index contributed by atoms with van der Waals surface area (Å²) in [6.07, 6.45) is 8.87. The SMILES string of the molecule is C=C(Nc1cc(CN=C(c2c(N)cncc2C2CC2)N2CC3CNCC3C2)ccn1)/C(F)=C\C(F)=C/N. The van der Waals surface area contributed by atoms with Crippen molar-refractivity contribution in [3.05, 3.63) is 83.6 Å². The molecule has 3 aliphatic rings. The topological polar surface area (TPSA) is 117 Å². The van der Waals surface area contributed by atoms with Crippen LogP contribution < -0.4 is 22.1 Å². The molecule has 0 amide bonds. The predicted molar refractivity (Wildman–Crippen MR) is 142 cm³/mol. The zero-order valence-corrected chi connectivity index (χ0v) is 20.6. The zero-order valence-electron chi connectivity index (χ0n) is 20.6. The smallest absolute Gasteiger partial charge is 0.149 e. The summed E-state index contributed by atoms with van der Waals surface area (Å²) in [4.78, 5) is 16.1. The van der Waals surface area contributed by atoms with Crippen LogP contribution in [0.25, 0.3) is 0 Å². The van der Waals surface area contributed by atoms with Crippen LogP contribution in [0, 0.1) is 11.8 Å². The maximum Gasteiger partial charge on any atom is 0.149 e. The summed E-state index contributed by atoms with van der Waals surface area (Å²) in [7, 11) is 0. The Bertz CT molecular complexity index is 1250. The molecule has 0 radical (unpaired) electrons. The molecule has 0 aromatic carbocycles. The highest BCUT2D eigenvalue weighted by Crippen LogP contribution is 2.43. The number of hydrogen-bond acceptors (Lipinski definition) is 7. The van der Waals surface area contributed by atoms with Crippen LogP contribution in [0.2, 0.25) is 0 Å². The van der Waals surface area contributed by atoms with E-state index in [1.54, 1.807) is 18.5 Å². The number of anilines is 2. The van der Waals surface area contributed by atoms with E-state index in [0.717, 1.165) is 56.0 Å². The molecule has 6 N–H and O–H groups in total. The van der Waals surface area contributed by atoms with Gasteiger partial charge < -0.3 is 27.0 Å². The number of nitrogens with two attached hydrogens (primary N) is 2. The number of likely N-dealkylation sites (tertiary alicyclic amines) is 1. The number of fused-ring (bicyclic) bond motifs is 1. The Morgan fingerprint density at radius 1 is 1.24 bits per heavy atom. The molecule has 1 aliphatic carbocycles. The highest BCUT2D eigenvalue weighted by Gasteiger charge is 2.39. The van der Waals surface area contributed by atoms with E-state index in [0.29, 0.717) is 48.1 Å². The molecule has 2 aromatic heterocycles. The van der Waals surface area contributed by atoms with Crippen molar-refractivity contribution in [1.29, 1.82) is 0 Å². The summed E-state index contributed by atoms with van der Waals surface area (Å²) in [6.45, 7) is 7.92. The Hall–Kier alpha value is -3.79. The summed E-state index contributed by atoms with van der Waals surface area (Å²) in [5, 5.41) is 6.27. The number of halogens is 2. The molecule has 5 rings (SSSR count). The highest BCUT2D eigenvalue weighted by atomic mass is 19.1. The number of aliphatic imine (C=N–C) groups is 1. The van der Waals surface area contributed by atoms with Gasteiger partial charge in [-0.2, -0.15) is 0 Å². The average molecular weight is 507 g/mol. The maximum absolute atomic E-state index is 14.2. The first kappa shape index (κ1) is 24.9. The molecule has 194 valence electrons. The minimum atomic E-state index is -0.896. The van der Waals surface area contributed by atoms with Crippen LogP contribution in [-0.4, -0.2) is 46.9 Å². The Morgan fingerprint density at radius 2 is 2.00 bits per heavy atom. The molecule has 0 spiro atoms. The van der Waals surface area contributed by atoms with E-state index in [2.05, 4.69) is 32.1 Å². The third kappa shape index (κ3) is 5.64. The van der Waals surface area contributed by atoms with Gasteiger partial charge in [0.25, 0.3) is 0 Å². The second-order valence-electron chi connectivity index (χ2n) is 9.89. The first-order chi connectivity index (χ1) is 17.9. The van der Waals surface area contributed by atoms with Gasteiger partial charge in [0, 0.05) is 56.4 Å². The van der Waals surface area contributed by atoms with Gasteiger partial charge in [0.05, 0.1) is 24.1 Å². The van der Waals surface area contributed by atoms with E-state index in [1.807, 2.05) is 12.3 Å². The third-order valence-corrected chi connectivity index (χ3v) is 7.16. The molecule has 1 saturated carbocycles. The second-order valence-corrected chi connectivity index (χ2v) is 9.89. The van der Waals surface area contributed by atoms with Crippen LogP contribution in [0.4, 0.5) is 20.3 Å². The van der Waals surface area contributed by atoms with Crippen molar-refractivity contribution < 1.29 is 8.78 Å². The molecule has 10 heteroatoms. The first-order valence-corrected chi connectivity index (χ1v) is 12.5. The van der Waals surface area contributed by atoms with Gasteiger partial charge >= 0.3 is 0 Å². The van der Waals surface area contributed by atoms with Crippen LogP contribution in [0.15, 0.2) is 71.9 Å². The molecule has 2 atom stereocenters. The predicted octanol–water partition coefficient (Wildman–Crippen LogP) is 3.58. The van der Waals surface area contributed by atoms with E-state index >= 15 is 0 Å². The summed E-state index contributed by atoms with van der Waals surface area (Å²) in [6, 6.07) is 3.63. The highest BCUT2D eigenvalue weighted by molar-refractivity contribution is 6.04. The van der Waals surface area contributed by atoms with Crippen molar-refractivity contribution in [1.82, 2.24) is 20.2 Å². The first-order valence-electron chi connectivity index (χ1n) is 12.5. The summed E-state index contributed by atoms with van der Waals surface area (Å²) < 4.78 is 27.4. The molecule has 2 unspecified atom stereocenters. The van der Waals surface area contributed by atoms with Gasteiger partial charge in [0.15, 0.2) is 0 Å². The second kappa shape index (κ2) is 10.7. The van der Waals surface area contributed by atoms with Gasteiger partial charge in [-0.25, -0.2) is 13.8 Å². The van der Waals surface area contributed by atoms with Crippen molar-refractivity contribution in [3.8, 4) is 0 Å². The van der Waals surface area contributed by atoms with Crippen LogP contribution >= 0.6 is 0 Å². The van der Waals surface area contributed by atoms with E-state index in [-0.39, 0.29) is 5.70 Å². The molecule has 3 fully saturated rings. The molecule has 0 bridgehead atoms. The van der Waals surface area contributed by atoms with Crippen LogP contribution in [0.3, 0.4) is 0 Å². The quantitative estimate of drug-likeness (QED) is 0.246. The lowest BCUT2D eigenvalue weighted by Gasteiger charge is -2.25. The van der Waals surface area contributed by atoms with E-state index in [1.165, 1.54) is 5.56 Å². The standard InChI is InChI=1S/C27H32F2N8/c1-16(23(29)7-21(28)8-30)36-25-6-17(4-5-34-25)9-35-27(37-14-19-10-32-11-20(19)15-37)26-22(18-2-3-18)12-33-13-24(26)31/h4-8,12-13,18-20,32H,1-3,9-11,14-15,30-31H2,(H,34,36)/b21-8+,23-7+,35-27?. The Labute approximate surface area is 215 Å². The number of hydrogen-bond donors (Lipinski definition) is 4. The molecule has 2 saturated heterocycles. The molecule has 2 aliphatic heterocycles. The van der Waals surface area contributed by atoms with E-state index < -0.39 is 11.7 Å². The maximum atomic E-state index is 14.2. The number of nitrogens with one attached hydrogen (secondary N) is 2. The fraction of sp³-hybridized carbons (Fsp3) is 0.370. The number of rotatable bonds is 8. The van der Waals surface area contributed by atoms with Crippen molar-refractivity contribution >= 4 is 17.3 Å². The van der Waals surface area contributed by atoms with Crippen LogP contribution in [0.5, 0.6) is 0 Å². The largest absolute Gasteiger partial charge is 0.402 e. The number of pyridine rings is 2. The number of aromatic nitrogens is 2. The Morgan fingerprint density at radius 3 is 2.70 bits per heavy atom. The lowest BCUT2D eigenvalue weighted by atomic mass is 10.0. The van der Waals surface area contributed by atoms with Gasteiger partial charge in [0.1, 0.15) is 23.3 Å². The molecular weight excluding hydrogens is 474 g/mol. The normalized spacial score (nSPS) is 22.3. The minimum absolute atomic E-state index is 0.123. The Kier molecular flexibility index (Phi) is 7.18. The summed E-state index contributed by atoms with van der Waals surface area (Å²) >= 11 is 0. The number of nitrogen functional groups attached to an aromatic ring is 1. The molecule has 37 heavy (non-hydrogen) atoms. The van der Waals surface area contributed by atoms with Crippen molar-refractivity contribution in [2.45, 2.75) is 25.3 Å². The fourth-order valence-electron chi connectivity index (χ4n) is 5.10. The van der Waals surface area contributed by atoms with Gasteiger partial charge in [-0.3, -0.25) is 9.98 Å². The Balaban J connectivity index is 1.41. The monoisotopic (exact) mass is 506 g/mol. The van der Waals surface area contributed by atoms with Gasteiger partial charge in [0.2, 0.25) is 0 Å². The van der Waals surface area contributed by atoms with Crippen molar-refractivity contribution in [2.75, 3.05) is 37.2 Å². The molecule has 8 nitrogen and oxygen atoms in total. The average Bonchev–Trinajstić information content (AvgIpc) is 3.51. The third-order valence-electron chi connectivity index (χ3n) is 7.16. The summed E-state index contributed by atoms with van der Waals surface area (Å²) in [5.74, 6) is 1.19. The number of allylic oxidation sites excluding steroid dienone is 3. The van der Waals surface area contributed by atoms with Crippen LogP contribution in [-0.2, 0) is 6.54 Å². The minimum Gasteiger partial charge on any atom is -0.402 e. The van der Waals surface area contributed by atoms with Crippen molar-refractivity contribution in [3.63, 3.8) is 0 Å². The number of amidine groups is 1. The molecule has 2 aromatic rings. The van der Waals surface area contributed by atoms with Gasteiger partial charge in [-0.1, -0.05) is 6.58 Å². The fourth-order valence-corrected chi connectivity index (χ4v) is 5.10. The van der Waals surface area contributed by atoms with E-state index in [9.17, 15) is 8.78 Å². The van der Waals surface area contributed by atoms with Gasteiger partial charge in [-0.05, 0) is 53.9 Å². The number of nitrogens with zero attached hydrogens (tertiary/aromatic N) is 4. The van der Waals surface area contributed by atoms with E-state index in [4.69, 9.17) is 16.5 Å². The summed E-state index contributed by atoms with van der Waals surface area (Å²) in [5.41, 5.74) is 15.1. The van der Waals surface area contributed by atoms with Crippen molar-refractivity contribution in [2.24, 2.45) is 22.6 Å². The lowest BCUT2D eigenvalue weighted by Crippen LogP contribution is -2.34.